The van der Waals surface area contributed by atoms with E-state index < -0.39 is 17.7 Å². The van der Waals surface area contributed by atoms with Crippen molar-refractivity contribution in [3.05, 3.63) is 95.6 Å². The summed E-state index contributed by atoms with van der Waals surface area (Å²) in [7, 11) is 0. The Labute approximate surface area is 236 Å². The van der Waals surface area contributed by atoms with Gasteiger partial charge in [0.15, 0.2) is 0 Å². The first-order chi connectivity index (χ1) is 19.5. The SMILES string of the molecule is CCCCOc1cccc(C(O)=C2C(=O)C(=O)N(CCN(CC)CC)C2c2cccc(Oc3ccccc3)c2)c1. The Balaban J connectivity index is 1.75. The molecule has 0 saturated carbocycles. The number of hydrogen-bond donors (Lipinski definition) is 1. The van der Waals surface area contributed by atoms with E-state index in [1.807, 2.05) is 60.7 Å². The number of ether oxygens (including phenoxy) is 2. The number of benzene rings is 3. The van der Waals surface area contributed by atoms with Crippen LogP contribution >= 0.6 is 0 Å². The van der Waals surface area contributed by atoms with E-state index in [-0.39, 0.29) is 11.3 Å². The molecule has 0 aromatic heterocycles. The van der Waals surface area contributed by atoms with Gasteiger partial charge in [0.1, 0.15) is 23.0 Å². The minimum atomic E-state index is -0.764. The quantitative estimate of drug-likeness (QED) is 0.116. The van der Waals surface area contributed by atoms with Crippen LogP contribution in [-0.4, -0.2) is 59.4 Å². The van der Waals surface area contributed by atoms with Gasteiger partial charge in [0.05, 0.1) is 18.2 Å². The third kappa shape index (κ3) is 6.72. The number of likely N-dealkylation sites (tertiary alicyclic amines) is 1. The number of unbranched alkanes of at least 4 members (excludes halogenated alkanes) is 1. The van der Waals surface area contributed by atoms with Crippen molar-refractivity contribution >= 4 is 17.4 Å². The Morgan fingerprint density at radius 3 is 2.30 bits per heavy atom. The third-order valence-electron chi connectivity index (χ3n) is 7.12. The van der Waals surface area contributed by atoms with Crippen LogP contribution < -0.4 is 9.47 Å². The minimum absolute atomic E-state index is 0.0621. The number of likely N-dealkylation sites (N-methyl/N-ethyl adjacent to an activating group) is 1. The number of nitrogens with zero attached hydrogens (tertiary/aromatic N) is 2. The highest BCUT2D eigenvalue weighted by molar-refractivity contribution is 6.46. The van der Waals surface area contributed by atoms with Gasteiger partial charge < -0.3 is 24.4 Å². The zero-order valence-electron chi connectivity index (χ0n) is 23.5. The Kier molecular flexibility index (Phi) is 9.97. The number of aliphatic hydroxyl groups is 1. The van der Waals surface area contributed by atoms with Gasteiger partial charge >= 0.3 is 0 Å². The number of hydrogen-bond acceptors (Lipinski definition) is 6. The van der Waals surface area contributed by atoms with E-state index in [2.05, 4.69) is 25.7 Å². The summed E-state index contributed by atoms with van der Waals surface area (Å²) >= 11 is 0. The number of carbonyl (C=O) groups is 2. The van der Waals surface area contributed by atoms with Crippen molar-refractivity contribution in [3.8, 4) is 17.2 Å². The van der Waals surface area contributed by atoms with Gasteiger partial charge in [-0.3, -0.25) is 9.59 Å². The average Bonchev–Trinajstić information content (AvgIpc) is 3.23. The standard InChI is InChI=1S/C33H38N2O5/c1-4-7-21-39-27-17-12-14-25(23-27)31(36)29-30(35(33(38)32(29)37)20-19-34(5-2)6-3)24-13-11-18-28(22-24)40-26-15-9-8-10-16-26/h8-18,22-23,30,36H,4-7,19-21H2,1-3H3. The highest BCUT2D eigenvalue weighted by Crippen LogP contribution is 2.41. The van der Waals surface area contributed by atoms with E-state index in [1.54, 1.807) is 23.1 Å². The van der Waals surface area contributed by atoms with Crippen molar-refractivity contribution in [2.75, 3.05) is 32.8 Å². The predicted octanol–water partition coefficient (Wildman–Crippen LogP) is 6.42. The molecule has 210 valence electrons. The van der Waals surface area contributed by atoms with Gasteiger partial charge in [-0.1, -0.05) is 69.7 Å². The van der Waals surface area contributed by atoms with Gasteiger partial charge in [-0.25, -0.2) is 0 Å². The molecule has 0 aliphatic carbocycles. The van der Waals surface area contributed by atoms with E-state index in [0.29, 0.717) is 48.1 Å². The first kappa shape index (κ1) is 28.9. The van der Waals surface area contributed by atoms with Gasteiger partial charge in [0, 0.05) is 18.7 Å². The summed E-state index contributed by atoms with van der Waals surface area (Å²) in [5.74, 6) is 0.309. The maximum atomic E-state index is 13.5. The number of para-hydroxylation sites is 1. The smallest absolute Gasteiger partial charge is 0.295 e. The lowest BCUT2D eigenvalue weighted by Gasteiger charge is -2.28. The first-order valence-corrected chi connectivity index (χ1v) is 14.0. The van der Waals surface area contributed by atoms with Gasteiger partial charge in [-0.05, 0) is 61.5 Å². The molecule has 1 aliphatic rings. The molecule has 0 bridgehead atoms. The average molecular weight is 543 g/mol. The molecule has 7 heteroatoms. The fourth-order valence-corrected chi connectivity index (χ4v) is 4.84. The number of aliphatic hydroxyl groups excluding tert-OH is 1. The van der Waals surface area contributed by atoms with Crippen LogP contribution in [0.2, 0.25) is 0 Å². The molecule has 3 aromatic carbocycles. The Bertz CT molecular complexity index is 1330. The van der Waals surface area contributed by atoms with Gasteiger partial charge in [0.25, 0.3) is 11.7 Å². The molecule has 1 fully saturated rings. The number of Topliss-reactive ketones (excluding diaryl/α,β-unsaturated/α-hetero) is 1. The van der Waals surface area contributed by atoms with Crippen molar-refractivity contribution in [2.45, 2.75) is 39.7 Å². The molecule has 1 aliphatic heterocycles. The Morgan fingerprint density at radius 1 is 0.875 bits per heavy atom. The van der Waals surface area contributed by atoms with E-state index in [9.17, 15) is 14.7 Å². The molecule has 3 aromatic rings. The third-order valence-corrected chi connectivity index (χ3v) is 7.12. The van der Waals surface area contributed by atoms with Crippen LogP contribution in [0.5, 0.6) is 17.2 Å². The number of rotatable bonds is 13. The molecular formula is C33H38N2O5. The van der Waals surface area contributed by atoms with E-state index in [4.69, 9.17) is 9.47 Å². The molecule has 1 atom stereocenters. The number of carbonyl (C=O) groups excluding carboxylic acids is 2. The molecule has 1 amide bonds. The molecule has 1 heterocycles. The lowest BCUT2D eigenvalue weighted by molar-refractivity contribution is -0.140. The van der Waals surface area contributed by atoms with E-state index in [0.717, 1.165) is 25.9 Å². The second-order valence-corrected chi connectivity index (χ2v) is 9.74. The maximum Gasteiger partial charge on any atom is 0.295 e. The van der Waals surface area contributed by atoms with Crippen molar-refractivity contribution in [2.24, 2.45) is 0 Å². The van der Waals surface area contributed by atoms with Crippen LogP contribution in [0.4, 0.5) is 0 Å². The predicted molar refractivity (Wildman–Crippen MR) is 157 cm³/mol. The molecule has 4 rings (SSSR count). The Hall–Kier alpha value is -4.10. The van der Waals surface area contributed by atoms with Crippen LogP contribution in [0.3, 0.4) is 0 Å². The van der Waals surface area contributed by atoms with Crippen LogP contribution in [0, 0.1) is 0 Å². The summed E-state index contributed by atoms with van der Waals surface area (Å²) in [6, 6.07) is 23.0. The molecule has 1 unspecified atom stereocenters. The van der Waals surface area contributed by atoms with Crippen molar-refractivity contribution in [1.29, 1.82) is 0 Å². The molecular weight excluding hydrogens is 504 g/mol. The fraction of sp³-hybridized carbons (Fsp3) is 0.333. The molecule has 1 N–H and O–H groups in total. The highest BCUT2D eigenvalue weighted by atomic mass is 16.5. The van der Waals surface area contributed by atoms with Crippen LogP contribution in [0.15, 0.2) is 84.4 Å². The molecule has 40 heavy (non-hydrogen) atoms. The zero-order valence-corrected chi connectivity index (χ0v) is 23.5. The normalized spacial score (nSPS) is 16.5. The fourth-order valence-electron chi connectivity index (χ4n) is 4.84. The topological polar surface area (TPSA) is 79.3 Å². The minimum Gasteiger partial charge on any atom is -0.507 e. The monoisotopic (exact) mass is 542 g/mol. The molecule has 7 nitrogen and oxygen atoms in total. The second-order valence-electron chi connectivity index (χ2n) is 9.74. The summed E-state index contributed by atoms with van der Waals surface area (Å²) in [5, 5.41) is 11.5. The highest BCUT2D eigenvalue weighted by Gasteiger charge is 2.46. The number of ketones is 1. The summed E-state index contributed by atoms with van der Waals surface area (Å²) in [5.41, 5.74) is 1.17. The molecule has 0 radical (unpaired) electrons. The summed E-state index contributed by atoms with van der Waals surface area (Å²) < 4.78 is 11.9. The van der Waals surface area contributed by atoms with Crippen LogP contribution in [-0.2, 0) is 9.59 Å². The maximum absolute atomic E-state index is 13.5. The van der Waals surface area contributed by atoms with Crippen LogP contribution in [0.25, 0.3) is 5.76 Å². The largest absolute Gasteiger partial charge is 0.507 e. The molecule has 1 saturated heterocycles. The van der Waals surface area contributed by atoms with Gasteiger partial charge in [0.2, 0.25) is 0 Å². The first-order valence-electron chi connectivity index (χ1n) is 14.0. The van der Waals surface area contributed by atoms with Gasteiger partial charge in [-0.15, -0.1) is 0 Å². The molecule has 0 spiro atoms. The summed E-state index contributed by atoms with van der Waals surface area (Å²) in [4.78, 5) is 30.6. The van der Waals surface area contributed by atoms with Crippen molar-refractivity contribution in [3.63, 3.8) is 0 Å². The van der Waals surface area contributed by atoms with E-state index >= 15 is 0 Å². The second kappa shape index (κ2) is 13.8. The van der Waals surface area contributed by atoms with Crippen LogP contribution in [0.1, 0.15) is 50.8 Å². The van der Waals surface area contributed by atoms with Gasteiger partial charge in [-0.2, -0.15) is 0 Å². The summed E-state index contributed by atoms with van der Waals surface area (Å²) in [6.07, 6.45) is 1.92. The van der Waals surface area contributed by atoms with Crippen molar-refractivity contribution in [1.82, 2.24) is 9.80 Å². The summed E-state index contributed by atoms with van der Waals surface area (Å²) in [6.45, 7) is 9.39. The lowest BCUT2D eigenvalue weighted by atomic mass is 9.95. The zero-order chi connectivity index (χ0) is 28.5. The van der Waals surface area contributed by atoms with Crippen molar-refractivity contribution < 1.29 is 24.2 Å². The lowest BCUT2D eigenvalue weighted by Crippen LogP contribution is -2.38. The Morgan fingerprint density at radius 2 is 1.57 bits per heavy atom. The number of amides is 1. The van der Waals surface area contributed by atoms with E-state index in [1.165, 1.54) is 0 Å².